The van der Waals surface area contributed by atoms with Crippen molar-refractivity contribution in [3.8, 4) is 0 Å². The zero-order chi connectivity index (χ0) is 5.82. The Morgan fingerprint density at radius 2 is 2.25 bits per heavy atom. The molecule has 1 fully saturated rings. The highest BCUT2D eigenvalue weighted by Gasteiger charge is 2.05. The van der Waals surface area contributed by atoms with Crippen molar-refractivity contribution >= 4 is 29.3 Å². The van der Waals surface area contributed by atoms with Crippen LogP contribution >= 0.6 is 23.5 Å². The number of ketones is 1. The molecule has 0 amide bonds. The molecule has 3 heteroatoms. The van der Waals surface area contributed by atoms with Gasteiger partial charge in [-0.2, -0.15) is 11.8 Å². The number of hydrogen-bond donors (Lipinski definition) is 0. The Balaban J connectivity index is 2.27. The average molecular weight is 148 g/mol. The van der Waals surface area contributed by atoms with E-state index in [-0.39, 0.29) is 0 Å². The third-order valence-corrected chi connectivity index (χ3v) is 3.31. The molecule has 0 unspecified atom stereocenters. The van der Waals surface area contributed by atoms with Crippen LogP contribution in [-0.2, 0) is 4.79 Å². The van der Waals surface area contributed by atoms with Crippen molar-refractivity contribution in [2.75, 3.05) is 16.6 Å². The number of carbonyl (C=O) groups is 1. The normalized spacial score (nSPS) is 22.8. The molecule has 0 radical (unpaired) electrons. The lowest BCUT2D eigenvalue weighted by Crippen LogP contribution is -1.98. The molecular formula is C5H8OS2. The molecule has 1 rings (SSSR count). The van der Waals surface area contributed by atoms with E-state index in [1.807, 2.05) is 11.8 Å². The van der Waals surface area contributed by atoms with Crippen molar-refractivity contribution in [3.63, 3.8) is 0 Å². The van der Waals surface area contributed by atoms with E-state index < -0.39 is 0 Å². The van der Waals surface area contributed by atoms with Crippen LogP contribution in [0.5, 0.6) is 0 Å². The smallest absolute Gasteiger partial charge is 0.143 e. The van der Waals surface area contributed by atoms with Gasteiger partial charge in [0.2, 0.25) is 0 Å². The minimum Gasteiger partial charge on any atom is -0.299 e. The van der Waals surface area contributed by atoms with Crippen molar-refractivity contribution in [1.29, 1.82) is 0 Å². The number of Topliss-reactive ketones (excluding diaryl/α,β-unsaturated/α-hetero) is 1. The molecule has 0 aliphatic carbocycles. The predicted octanol–water partition coefficient (Wildman–Crippen LogP) is 1.38. The van der Waals surface area contributed by atoms with Gasteiger partial charge in [-0.15, -0.1) is 11.8 Å². The van der Waals surface area contributed by atoms with Crippen LogP contribution in [0, 0.1) is 0 Å². The Morgan fingerprint density at radius 1 is 1.38 bits per heavy atom. The molecule has 0 saturated carbocycles. The summed E-state index contributed by atoms with van der Waals surface area (Å²) in [5.41, 5.74) is 0. The number of carbonyl (C=O) groups excluding carboxylic acids is 1. The molecule has 46 valence electrons. The standard InChI is InChI=1S/C5H8OS2/c6-5-1-2-7-4-8-3-5/h1-4H2. The van der Waals surface area contributed by atoms with E-state index in [2.05, 4.69) is 0 Å². The minimum absolute atomic E-state index is 0.417. The third kappa shape index (κ3) is 2.09. The second-order valence-electron chi connectivity index (χ2n) is 1.66. The van der Waals surface area contributed by atoms with Crippen molar-refractivity contribution in [2.45, 2.75) is 6.42 Å². The van der Waals surface area contributed by atoms with Crippen LogP contribution in [0.15, 0.2) is 0 Å². The molecule has 1 nitrogen and oxygen atoms in total. The highest BCUT2D eigenvalue weighted by atomic mass is 32.2. The second-order valence-corrected chi connectivity index (χ2v) is 4.12. The zero-order valence-corrected chi connectivity index (χ0v) is 6.19. The van der Waals surface area contributed by atoms with Gasteiger partial charge in [0.05, 0.1) is 5.75 Å². The van der Waals surface area contributed by atoms with Crippen LogP contribution in [0.1, 0.15) is 6.42 Å². The van der Waals surface area contributed by atoms with Gasteiger partial charge in [0, 0.05) is 17.3 Å². The van der Waals surface area contributed by atoms with Crippen LogP contribution in [0.3, 0.4) is 0 Å². The molecule has 0 aromatic heterocycles. The third-order valence-electron chi connectivity index (χ3n) is 0.955. The van der Waals surface area contributed by atoms with Crippen molar-refractivity contribution < 1.29 is 4.79 Å². The lowest BCUT2D eigenvalue weighted by molar-refractivity contribution is -0.116. The van der Waals surface area contributed by atoms with E-state index in [9.17, 15) is 4.79 Å². The molecule has 0 atom stereocenters. The first-order valence-corrected chi connectivity index (χ1v) is 4.88. The molecule has 0 aromatic carbocycles. The van der Waals surface area contributed by atoms with Gasteiger partial charge in [0.15, 0.2) is 0 Å². The molecule has 0 bridgehead atoms. The largest absolute Gasteiger partial charge is 0.299 e. The Labute approximate surface area is 57.6 Å². The van der Waals surface area contributed by atoms with E-state index in [0.29, 0.717) is 5.78 Å². The predicted molar refractivity (Wildman–Crippen MR) is 39.4 cm³/mol. The van der Waals surface area contributed by atoms with Gasteiger partial charge < -0.3 is 0 Å². The number of rotatable bonds is 0. The summed E-state index contributed by atoms with van der Waals surface area (Å²) in [7, 11) is 0. The van der Waals surface area contributed by atoms with Crippen molar-refractivity contribution in [1.82, 2.24) is 0 Å². The average Bonchev–Trinajstić information content (AvgIpc) is 1.94. The van der Waals surface area contributed by atoms with Crippen LogP contribution in [0.2, 0.25) is 0 Å². The van der Waals surface area contributed by atoms with Gasteiger partial charge >= 0.3 is 0 Å². The van der Waals surface area contributed by atoms with Crippen molar-refractivity contribution in [3.05, 3.63) is 0 Å². The topological polar surface area (TPSA) is 17.1 Å². The van der Waals surface area contributed by atoms with Gasteiger partial charge in [-0.05, 0) is 0 Å². The van der Waals surface area contributed by atoms with Gasteiger partial charge in [0.25, 0.3) is 0 Å². The Bertz CT molecular complexity index is 82.4. The van der Waals surface area contributed by atoms with E-state index in [1.165, 1.54) is 0 Å². The Morgan fingerprint density at radius 3 is 3.12 bits per heavy atom. The summed E-state index contributed by atoms with van der Waals surface area (Å²) in [4.78, 5) is 10.6. The summed E-state index contributed by atoms with van der Waals surface area (Å²) in [5.74, 6) is 2.19. The van der Waals surface area contributed by atoms with Crippen LogP contribution in [0.25, 0.3) is 0 Å². The fraction of sp³-hybridized carbons (Fsp3) is 0.800. The quantitative estimate of drug-likeness (QED) is 0.516. The Hall–Kier alpha value is 0.370. The lowest BCUT2D eigenvalue weighted by Gasteiger charge is -1.86. The van der Waals surface area contributed by atoms with Crippen LogP contribution in [0.4, 0.5) is 0 Å². The first-order valence-electron chi connectivity index (χ1n) is 2.57. The molecule has 1 aliphatic rings. The fourth-order valence-corrected chi connectivity index (χ4v) is 2.55. The summed E-state index contributed by atoms with van der Waals surface area (Å²) in [6, 6.07) is 0. The van der Waals surface area contributed by atoms with Gasteiger partial charge in [-0.1, -0.05) is 0 Å². The lowest BCUT2D eigenvalue weighted by atomic mass is 10.3. The first-order chi connectivity index (χ1) is 3.89. The highest BCUT2D eigenvalue weighted by Crippen LogP contribution is 2.17. The maximum Gasteiger partial charge on any atom is 0.143 e. The van der Waals surface area contributed by atoms with Crippen LogP contribution < -0.4 is 0 Å². The van der Waals surface area contributed by atoms with E-state index in [0.717, 1.165) is 23.0 Å². The highest BCUT2D eigenvalue weighted by molar-refractivity contribution is 8.16. The minimum atomic E-state index is 0.417. The number of hydrogen-bond acceptors (Lipinski definition) is 3. The molecule has 1 saturated heterocycles. The summed E-state index contributed by atoms with van der Waals surface area (Å²) < 4.78 is 0. The SMILES string of the molecule is O=C1CCSCSC1. The molecule has 8 heavy (non-hydrogen) atoms. The first kappa shape index (κ1) is 6.49. The summed E-state index contributed by atoms with van der Waals surface area (Å²) in [6.45, 7) is 0. The molecular weight excluding hydrogens is 140 g/mol. The molecule has 1 aliphatic heterocycles. The fourth-order valence-electron chi connectivity index (χ4n) is 0.532. The van der Waals surface area contributed by atoms with Gasteiger partial charge in [-0.25, -0.2) is 0 Å². The summed E-state index contributed by atoms with van der Waals surface area (Å²) in [5, 5.41) is 1.10. The summed E-state index contributed by atoms with van der Waals surface area (Å²) >= 11 is 3.60. The van der Waals surface area contributed by atoms with E-state index in [4.69, 9.17) is 0 Å². The maximum absolute atomic E-state index is 10.6. The molecule has 0 aromatic rings. The van der Waals surface area contributed by atoms with Gasteiger partial charge in [-0.3, -0.25) is 4.79 Å². The molecule has 0 spiro atoms. The van der Waals surface area contributed by atoms with Crippen LogP contribution in [-0.4, -0.2) is 22.4 Å². The summed E-state index contributed by atoms with van der Waals surface area (Å²) in [6.07, 6.45) is 0.789. The van der Waals surface area contributed by atoms with E-state index in [1.54, 1.807) is 11.8 Å². The van der Waals surface area contributed by atoms with Gasteiger partial charge in [0.1, 0.15) is 5.78 Å². The van der Waals surface area contributed by atoms with Crippen molar-refractivity contribution in [2.24, 2.45) is 0 Å². The van der Waals surface area contributed by atoms with E-state index >= 15 is 0 Å². The zero-order valence-electron chi connectivity index (χ0n) is 4.55. The molecule has 1 heterocycles. The monoisotopic (exact) mass is 148 g/mol. The number of thioether (sulfide) groups is 2. The Kier molecular flexibility index (Phi) is 2.76. The second kappa shape index (κ2) is 3.41. The maximum atomic E-state index is 10.6. The molecule has 0 N–H and O–H groups in total.